The van der Waals surface area contributed by atoms with E-state index in [2.05, 4.69) is 50.5 Å². The Hall–Kier alpha value is -0.340. The summed E-state index contributed by atoms with van der Waals surface area (Å²) in [5.74, 6) is 2.29. The second-order valence-corrected chi connectivity index (χ2v) is 7.29. The number of nitrogens with one attached hydrogen (secondary N) is 1. The van der Waals surface area contributed by atoms with Crippen LogP contribution < -0.4 is 5.32 Å². The second kappa shape index (κ2) is 6.21. The van der Waals surface area contributed by atoms with Gasteiger partial charge in [0.2, 0.25) is 0 Å². The molecule has 1 saturated carbocycles. The van der Waals surface area contributed by atoms with Crippen LogP contribution in [0.2, 0.25) is 0 Å². The molecule has 0 amide bonds. The van der Waals surface area contributed by atoms with E-state index >= 15 is 0 Å². The third kappa shape index (κ3) is 3.16. The first-order valence-corrected chi connectivity index (χ1v) is 8.27. The highest BCUT2D eigenvalue weighted by Crippen LogP contribution is 2.33. The molecule has 1 N–H and O–H groups in total. The summed E-state index contributed by atoms with van der Waals surface area (Å²) in [5.41, 5.74) is 0. The van der Waals surface area contributed by atoms with Crippen molar-refractivity contribution in [2.24, 2.45) is 17.8 Å². The molecule has 0 aliphatic heterocycles. The molecule has 1 aromatic heterocycles. The van der Waals surface area contributed by atoms with E-state index in [4.69, 9.17) is 0 Å². The summed E-state index contributed by atoms with van der Waals surface area (Å²) in [7, 11) is 0. The molecule has 1 fully saturated rings. The van der Waals surface area contributed by atoms with Gasteiger partial charge in [0.25, 0.3) is 0 Å². The lowest BCUT2D eigenvalue weighted by atomic mass is 9.78. The Morgan fingerprint density at radius 1 is 1.22 bits per heavy atom. The zero-order valence-corrected chi connectivity index (χ0v) is 13.0. The average Bonchev–Trinajstić information content (AvgIpc) is 2.81. The zero-order valence-electron chi connectivity index (χ0n) is 12.1. The first-order valence-electron chi connectivity index (χ1n) is 7.39. The number of rotatable bonds is 4. The fraction of sp³-hybridized carbons (Fsp3) is 0.750. The van der Waals surface area contributed by atoms with Crippen molar-refractivity contribution >= 4 is 11.3 Å². The predicted octanol–water partition coefficient (Wildman–Crippen LogP) is 4.86. The maximum absolute atomic E-state index is 3.97. The molecule has 3 unspecified atom stereocenters. The molecule has 2 rings (SSSR count). The molecule has 1 aromatic rings. The van der Waals surface area contributed by atoms with Gasteiger partial charge >= 0.3 is 0 Å². The van der Waals surface area contributed by atoms with E-state index in [0.717, 1.165) is 11.8 Å². The van der Waals surface area contributed by atoms with Crippen molar-refractivity contribution in [1.82, 2.24) is 5.32 Å². The van der Waals surface area contributed by atoms with Gasteiger partial charge < -0.3 is 5.32 Å². The van der Waals surface area contributed by atoms with Gasteiger partial charge in [-0.1, -0.05) is 40.2 Å². The minimum absolute atomic E-state index is 0.526. The molecular weight excluding hydrogens is 238 g/mol. The Morgan fingerprint density at radius 3 is 2.39 bits per heavy atom. The molecule has 0 saturated heterocycles. The Morgan fingerprint density at radius 2 is 1.89 bits per heavy atom. The molecule has 102 valence electrons. The molecule has 2 heteroatoms. The first kappa shape index (κ1) is 14.1. The molecule has 0 radical (unpaired) electrons. The summed E-state index contributed by atoms with van der Waals surface area (Å²) in [5, 5.41) is 6.16. The van der Waals surface area contributed by atoms with Crippen LogP contribution in [-0.2, 0) is 0 Å². The molecule has 1 nitrogen and oxygen atoms in total. The average molecular weight is 265 g/mol. The van der Waals surface area contributed by atoms with Crippen LogP contribution in [0, 0.1) is 17.8 Å². The quantitative estimate of drug-likeness (QED) is 0.820. The van der Waals surface area contributed by atoms with Crippen molar-refractivity contribution in [3.8, 4) is 0 Å². The van der Waals surface area contributed by atoms with E-state index in [1.807, 2.05) is 11.3 Å². The lowest BCUT2D eigenvalue weighted by Gasteiger charge is -2.39. The van der Waals surface area contributed by atoms with E-state index < -0.39 is 0 Å². The molecular formula is C16H27NS. The zero-order chi connectivity index (χ0) is 13.1. The fourth-order valence-electron chi connectivity index (χ4n) is 3.29. The Labute approximate surface area is 116 Å². The number of hydrogen-bond acceptors (Lipinski definition) is 2. The Kier molecular flexibility index (Phi) is 4.85. The van der Waals surface area contributed by atoms with E-state index in [9.17, 15) is 0 Å². The summed E-state index contributed by atoms with van der Waals surface area (Å²) < 4.78 is 0. The van der Waals surface area contributed by atoms with Crippen LogP contribution in [-0.4, -0.2) is 6.04 Å². The molecule has 1 aliphatic rings. The van der Waals surface area contributed by atoms with Gasteiger partial charge in [-0.05, 0) is 42.0 Å². The van der Waals surface area contributed by atoms with Crippen LogP contribution in [0.5, 0.6) is 0 Å². The minimum Gasteiger partial charge on any atom is -0.306 e. The maximum atomic E-state index is 3.97. The SMILES string of the molecule is CC(C)C(NC1C(C)CCCC1C)c1cccs1. The van der Waals surface area contributed by atoms with Crippen molar-refractivity contribution in [2.45, 2.75) is 59.0 Å². The number of hydrogen-bond donors (Lipinski definition) is 1. The van der Waals surface area contributed by atoms with Gasteiger partial charge in [-0.15, -0.1) is 11.3 Å². The van der Waals surface area contributed by atoms with Gasteiger partial charge in [0.05, 0.1) is 0 Å². The van der Waals surface area contributed by atoms with Gasteiger partial charge in [-0.2, -0.15) is 0 Å². The van der Waals surface area contributed by atoms with Crippen molar-refractivity contribution in [3.05, 3.63) is 22.4 Å². The molecule has 3 atom stereocenters. The topological polar surface area (TPSA) is 12.0 Å². The highest BCUT2D eigenvalue weighted by molar-refractivity contribution is 7.10. The van der Waals surface area contributed by atoms with Crippen molar-refractivity contribution in [2.75, 3.05) is 0 Å². The Balaban J connectivity index is 2.08. The summed E-state index contributed by atoms with van der Waals surface area (Å²) in [6.45, 7) is 9.49. The lowest BCUT2D eigenvalue weighted by molar-refractivity contribution is 0.181. The lowest BCUT2D eigenvalue weighted by Crippen LogP contribution is -2.45. The molecule has 1 heterocycles. The van der Waals surface area contributed by atoms with Crippen molar-refractivity contribution in [1.29, 1.82) is 0 Å². The standard InChI is InChI=1S/C16H27NS/c1-11(2)15(14-9-6-10-18-14)17-16-12(3)7-5-8-13(16)4/h6,9-13,15-17H,5,7-8H2,1-4H3. The van der Waals surface area contributed by atoms with E-state index in [-0.39, 0.29) is 0 Å². The van der Waals surface area contributed by atoms with Crippen LogP contribution in [0.25, 0.3) is 0 Å². The maximum Gasteiger partial charge on any atom is 0.0440 e. The summed E-state index contributed by atoms with van der Waals surface area (Å²) in [4.78, 5) is 1.50. The fourth-order valence-corrected chi connectivity index (χ4v) is 4.25. The van der Waals surface area contributed by atoms with Crippen molar-refractivity contribution < 1.29 is 0 Å². The van der Waals surface area contributed by atoms with Gasteiger partial charge in [0.15, 0.2) is 0 Å². The molecule has 1 aliphatic carbocycles. The van der Waals surface area contributed by atoms with Gasteiger partial charge in [-0.25, -0.2) is 0 Å². The summed E-state index contributed by atoms with van der Waals surface area (Å²) >= 11 is 1.89. The van der Waals surface area contributed by atoms with Gasteiger partial charge in [-0.3, -0.25) is 0 Å². The molecule has 0 spiro atoms. The monoisotopic (exact) mass is 265 g/mol. The predicted molar refractivity (Wildman–Crippen MR) is 81.0 cm³/mol. The number of thiophene rings is 1. The van der Waals surface area contributed by atoms with E-state index in [0.29, 0.717) is 18.0 Å². The van der Waals surface area contributed by atoms with Crippen LogP contribution in [0.1, 0.15) is 57.9 Å². The molecule has 0 aromatic carbocycles. The third-order valence-corrected chi connectivity index (χ3v) is 5.39. The highest BCUT2D eigenvalue weighted by Gasteiger charge is 2.30. The third-order valence-electron chi connectivity index (χ3n) is 4.43. The smallest absolute Gasteiger partial charge is 0.0440 e. The first-order chi connectivity index (χ1) is 8.59. The summed E-state index contributed by atoms with van der Waals surface area (Å²) in [6.07, 6.45) is 4.18. The van der Waals surface area contributed by atoms with Crippen LogP contribution in [0.4, 0.5) is 0 Å². The Bertz CT molecular complexity index is 334. The van der Waals surface area contributed by atoms with Gasteiger partial charge in [0, 0.05) is 17.0 Å². The molecule has 0 bridgehead atoms. The minimum atomic E-state index is 0.526. The van der Waals surface area contributed by atoms with Crippen LogP contribution in [0.15, 0.2) is 17.5 Å². The summed E-state index contributed by atoms with van der Waals surface area (Å²) in [6, 6.07) is 5.66. The van der Waals surface area contributed by atoms with E-state index in [1.54, 1.807) is 0 Å². The van der Waals surface area contributed by atoms with Crippen LogP contribution >= 0.6 is 11.3 Å². The van der Waals surface area contributed by atoms with Crippen LogP contribution in [0.3, 0.4) is 0 Å². The molecule has 18 heavy (non-hydrogen) atoms. The largest absolute Gasteiger partial charge is 0.306 e. The van der Waals surface area contributed by atoms with E-state index in [1.165, 1.54) is 24.1 Å². The second-order valence-electron chi connectivity index (χ2n) is 6.32. The van der Waals surface area contributed by atoms with Crippen molar-refractivity contribution in [3.63, 3.8) is 0 Å². The highest BCUT2D eigenvalue weighted by atomic mass is 32.1. The van der Waals surface area contributed by atoms with Gasteiger partial charge in [0.1, 0.15) is 0 Å². The normalized spacial score (nSPS) is 30.6.